The van der Waals surface area contributed by atoms with Crippen LogP contribution in [0.2, 0.25) is 0 Å². The van der Waals surface area contributed by atoms with E-state index < -0.39 is 85.6 Å². The lowest BCUT2D eigenvalue weighted by Crippen LogP contribution is -2.74. The zero-order chi connectivity index (χ0) is 50.6. The molecule has 0 aromatic carbocycles. The molecule has 18 heteroatoms. The fourth-order valence-corrected chi connectivity index (χ4v) is 13.3. The number of aliphatic hydroxyl groups is 3. The Morgan fingerprint density at radius 1 is 0.406 bits per heavy atom. The van der Waals surface area contributed by atoms with Crippen molar-refractivity contribution in [3.63, 3.8) is 0 Å². The van der Waals surface area contributed by atoms with Crippen LogP contribution in [0.25, 0.3) is 0 Å². The first-order valence-electron chi connectivity index (χ1n) is 26.4. The highest BCUT2D eigenvalue weighted by molar-refractivity contribution is 5.88. The number of amides is 3. The van der Waals surface area contributed by atoms with Gasteiger partial charge in [0.2, 0.25) is 0 Å². The molecule has 0 spiro atoms. The van der Waals surface area contributed by atoms with Crippen molar-refractivity contribution in [2.75, 3.05) is 39.3 Å². The smallest absolute Gasteiger partial charge is 0.276 e. The number of piperazine rings is 3. The second-order valence-corrected chi connectivity index (χ2v) is 26.0. The molecule has 7 rings (SSSR count). The summed E-state index contributed by atoms with van der Waals surface area (Å²) in [7, 11) is 0. The van der Waals surface area contributed by atoms with Crippen molar-refractivity contribution in [1.82, 2.24) is 61.6 Å². The van der Waals surface area contributed by atoms with Gasteiger partial charge in [0.25, 0.3) is 34.9 Å². The SMILES string of the molecule is CC1(C)CN(C(O)(C(=O)NC2CCCCC2)c2nc(C(O)(C(=O)NC3CCCCC3)N3CC(C)(C)NC(C)(C)C3)nc(C(O)(C(=O)NC3CCCCC3)N3CC(C)(C)NC(C)(C)C3)n2)CC(C)(C)N1. The van der Waals surface area contributed by atoms with Gasteiger partial charge in [-0.15, -0.1) is 0 Å². The Labute approximate surface area is 412 Å². The average Bonchev–Trinajstić information content (AvgIpc) is 3.23. The van der Waals surface area contributed by atoms with Gasteiger partial charge in [0.15, 0.2) is 17.5 Å². The van der Waals surface area contributed by atoms with Crippen LogP contribution in [0.4, 0.5) is 0 Å². The number of carbonyl (C=O) groups is 3. The van der Waals surface area contributed by atoms with Gasteiger partial charge in [-0.2, -0.15) is 0 Å². The predicted octanol–water partition coefficient (Wildman–Crippen LogP) is 3.04. The minimum absolute atomic E-state index is 0.153. The highest BCUT2D eigenvalue weighted by Crippen LogP contribution is 2.39. The van der Waals surface area contributed by atoms with Crippen LogP contribution < -0.4 is 31.9 Å². The lowest BCUT2D eigenvalue weighted by Gasteiger charge is -2.53. The van der Waals surface area contributed by atoms with Crippen molar-refractivity contribution < 1.29 is 29.7 Å². The highest BCUT2D eigenvalue weighted by atomic mass is 16.3. The molecule has 3 saturated carbocycles. The van der Waals surface area contributed by atoms with Crippen LogP contribution >= 0.6 is 0 Å². The topological polar surface area (TPSA) is 232 Å². The average molecular weight is 967 g/mol. The first-order valence-corrected chi connectivity index (χ1v) is 26.4. The van der Waals surface area contributed by atoms with Crippen molar-refractivity contribution in [3.05, 3.63) is 17.5 Å². The van der Waals surface area contributed by atoms with E-state index in [4.69, 9.17) is 15.0 Å². The van der Waals surface area contributed by atoms with Crippen molar-refractivity contribution in [2.45, 2.75) is 248 Å². The molecule has 6 fully saturated rings. The third-order valence-electron chi connectivity index (χ3n) is 15.3. The van der Waals surface area contributed by atoms with Crippen LogP contribution in [0.3, 0.4) is 0 Å². The van der Waals surface area contributed by atoms with Gasteiger partial charge in [0.1, 0.15) is 0 Å². The third kappa shape index (κ3) is 12.0. The monoisotopic (exact) mass is 967 g/mol. The Bertz CT molecular complexity index is 1740. The molecule has 6 aliphatic rings. The summed E-state index contributed by atoms with van der Waals surface area (Å²) in [6.07, 6.45) is 12.9. The Morgan fingerprint density at radius 2 is 0.594 bits per heavy atom. The molecule has 3 saturated heterocycles. The van der Waals surface area contributed by atoms with E-state index in [-0.39, 0.29) is 57.4 Å². The Balaban J connectivity index is 1.53. The molecule has 18 nitrogen and oxygen atoms in total. The van der Waals surface area contributed by atoms with E-state index in [0.717, 1.165) is 96.3 Å². The normalized spacial score (nSPS) is 28.6. The van der Waals surface area contributed by atoms with E-state index in [9.17, 15) is 15.3 Å². The van der Waals surface area contributed by atoms with Crippen LogP contribution in [0.1, 0.15) is 197 Å². The quantitative estimate of drug-likeness (QED) is 0.147. The van der Waals surface area contributed by atoms with Crippen molar-refractivity contribution in [3.8, 4) is 0 Å². The van der Waals surface area contributed by atoms with Crippen LogP contribution in [-0.4, -0.2) is 153 Å². The van der Waals surface area contributed by atoms with Crippen LogP contribution in [0.5, 0.6) is 0 Å². The third-order valence-corrected chi connectivity index (χ3v) is 15.3. The van der Waals surface area contributed by atoms with E-state index in [1.807, 2.05) is 83.1 Å². The Hall–Kier alpha value is -2.94. The second-order valence-electron chi connectivity index (χ2n) is 26.0. The van der Waals surface area contributed by atoms with Gasteiger partial charge in [-0.3, -0.25) is 29.1 Å². The predicted molar refractivity (Wildman–Crippen MR) is 265 cm³/mol. The fourth-order valence-electron chi connectivity index (χ4n) is 13.3. The number of rotatable bonds is 12. The van der Waals surface area contributed by atoms with E-state index in [0.29, 0.717) is 0 Å². The van der Waals surface area contributed by atoms with Crippen LogP contribution in [0, 0.1) is 0 Å². The van der Waals surface area contributed by atoms with E-state index in [2.05, 4.69) is 31.9 Å². The Morgan fingerprint density at radius 3 is 0.783 bits per heavy atom. The molecule has 3 aliphatic heterocycles. The molecule has 1 aromatic heterocycles. The molecule has 3 amide bonds. The summed E-state index contributed by atoms with van der Waals surface area (Å²) in [5.41, 5.74) is -11.8. The van der Waals surface area contributed by atoms with Gasteiger partial charge in [-0.1, -0.05) is 57.8 Å². The van der Waals surface area contributed by atoms with Crippen LogP contribution in [0.15, 0.2) is 0 Å². The number of nitrogens with one attached hydrogen (secondary N) is 6. The van der Waals surface area contributed by atoms with Crippen molar-refractivity contribution in [2.24, 2.45) is 0 Å². The molecular weight excluding hydrogens is 877 g/mol. The summed E-state index contributed by atoms with van der Waals surface area (Å²) >= 11 is 0. The van der Waals surface area contributed by atoms with E-state index in [1.165, 1.54) is 0 Å². The molecular formula is C51H90N12O6. The minimum Gasteiger partial charge on any atom is -0.361 e. The molecule has 0 bridgehead atoms. The molecule has 3 aliphatic carbocycles. The molecule has 1 aromatic rings. The molecule has 69 heavy (non-hydrogen) atoms. The molecule has 9 N–H and O–H groups in total. The van der Waals surface area contributed by atoms with Crippen molar-refractivity contribution in [1.29, 1.82) is 0 Å². The molecule has 390 valence electrons. The maximum Gasteiger partial charge on any atom is 0.276 e. The van der Waals surface area contributed by atoms with Gasteiger partial charge in [-0.05, 0) is 122 Å². The van der Waals surface area contributed by atoms with E-state index in [1.54, 1.807) is 14.7 Å². The summed E-state index contributed by atoms with van der Waals surface area (Å²) in [5.74, 6) is -3.82. The lowest BCUT2D eigenvalue weighted by molar-refractivity contribution is -0.188. The molecule has 3 atom stereocenters. The minimum atomic E-state index is -2.66. The largest absolute Gasteiger partial charge is 0.361 e. The second kappa shape index (κ2) is 19.5. The zero-order valence-corrected chi connectivity index (χ0v) is 44.3. The first-order chi connectivity index (χ1) is 31.9. The summed E-state index contributed by atoms with van der Waals surface area (Å²) in [4.78, 5) is 66.4. The lowest BCUT2D eigenvalue weighted by atomic mass is 9.88. The fraction of sp³-hybridized carbons (Fsp3) is 0.882. The van der Waals surface area contributed by atoms with Gasteiger partial charge >= 0.3 is 0 Å². The maximum absolute atomic E-state index is 15.5. The summed E-state index contributed by atoms with van der Waals surface area (Å²) in [5, 5.41) is 62.0. The zero-order valence-electron chi connectivity index (χ0n) is 44.3. The van der Waals surface area contributed by atoms with Gasteiger partial charge in [0, 0.05) is 90.6 Å². The summed E-state index contributed by atoms with van der Waals surface area (Å²) in [6.45, 7) is 24.9. The number of hydrogen-bond acceptors (Lipinski definition) is 15. The van der Waals surface area contributed by atoms with Crippen LogP contribution in [-0.2, 0) is 31.6 Å². The van der Waals surface area contributed by atoms with Crippen molar-refractivity contribution >= 4 is 17.7 Å². The van der Waals surface area contributed by atoms with Gasteiger partial charge < -0.3 is 47.2 Å². The van der Waals surface area contributed by atoms with Gasteiger partial charge in [-0.25, -0.2) is 15.0 Å². The summed E-state index contributed by atoms with van der Waals surface area (Å²) < 4.78 is 0. The molecule has 3 unspecified atom stereocenters. The first kappa shape index (κ1) is 53.8. The van der Waals surface area contributed by atoms with Gasteiger partial charge in [0.05, 0.1) is 0 Å². The number of carbonyl (C=O) groups excluding carboxylic acids is 3. The Kier molecular flexibility index (Phi) is 15.2. The number of nitrogens with zero attached hydrogens (tertiary/aromatic N) is 6. The maximum atomic E-state index is 15.5. The summed E-state index contributed by atoms with van der Waals surface area (Å²) in [6, 6.07) is -0.724. The standard InChI is InChI=1S/C51H90N12O6/c1-43(2)28-61(29-44(3,4)58-43)49(67,40(64)52-34-22-16-13-17-23-34)37-55-38(50(68,41(65)53-35-24-18-14-19-25-35)62-30-45(5,6)59-46(7,8)31-62)57-39(56-37)51(69,42(66)54-36-26-20-15-21-27-36)63-32-47(9,10)60-48(11,12)33-63/h34-36,58-60,67-69H,13-33H2,1-12H3,(H,52,64)(H,53,65)(H,54,66). The molecule has 0 radical (unpaired) electrons. The highest BCUT2D eigenvalue weighted by Gasteiger charge is 2.60. The number of aromatic nitrogens is 3. The molecule has 4 heterocycles. The van der Waals surface area contributed by atoms with E-state index >= 15 is 14.4 Å². The number of hydrogen-bond donors (Lipinski definition) is 9.